The van der Waals surface area contributed by atoms with Crippen molar-refractivity contribution < 1.29 is 92.7 Å². The third-order valence-corrected chi connectivity index (χ3v) is 21.3. The first-order chi connectivity index (χ1) is 50.2. The minimum absolute atomic E-state index is 0.0734. The predicted octanol–water partition coefficient (Wildman–Crippen LogP) is -1.93. The number of aliphatic hydroxyl groups is 1. The van der Waals surface area contributed by atoms with Crippen molar-refractivity contribution in [2.45, 2.75) is 150 Å². The van der Waals surface area contributed by atoms with Gasteiger partial charge in [0, 0.05) is 126 Å². The smallest absolute Gasteiger partial charge is 0.322 e. The molecule has 4 aliphatic rings. The average Bonchev–Trinajstić information content (AvgIpc) is 1.68. The Balaban J connectivity index is 1.30. The minimum atomic E-state index is -1.74. The highest BCUT2D eigenvalue weighted by molar-refractivity contribution is 7.99. The molecule has 0 aliphatic carbocycles. The summed E-state index contributed by atoms with van der Waals surface area (Å²) in [4.78, 5) is 198. The molecule has 0 spiro atoms. The lowest BCUT2D eigenvalue weighted by Gasteiger charge is -2.33. The van der Waals surface area contributed by atoms with Crippen LogP contribution in [0.15, 0.2) is 48.5 Å². The number of benzene rings is 2. The number of nitrogens with two attached hydrogens (primary N) is 1. The zero-order valence-electron chi connectivity index (χ0n) is 59.5. The Kier molecular flexibility index (Phi) is 36.6. The number of carboxylic acid groups (broad SMARTS) is 4. The van der Waals surface area contributed by atoms with Crippen LogP contribution in [-0.4, -0.2) is 308 Å². The molecule has 0 unspecified atom stereocenters. The van der Waals surface area contributed by atoms with Crippen molar-refractivity contribution in [2.24, 2.45) is 5.73 Å². The van der Waals surface area contributed by atoms with Gasteiger partial charge in [0.15, 0.2) is 0 Å². The number of carboxylic acids is 4. The number of carbonyl (C=O) groups excluding carboxylic acids is 10. The fourth-order valence-corrected chi connectivity index (χ4v) is 15.4. The van der Waals surface area contributed by atoms with Gasteiger partial charge in [-0.25, -0.2) is 0 Å². The van der Waals surface area contributed by atoms with Crippen LogP contribution < -0.4 is 43.0 Å². The second-order valence-electron chi connectivity index (χ2n) is 26.5. The zero-order valence-corrected chi connectivity index (χ0v) is 62.0. The molecule has 36 heteroatoms. The third kappa shape index (κ3) is 30.3. The van der Waals surface area contributed by atoms with E-state index in [9.17, 15) is 92.7 Å². The van der Waals surface area contributed by atoms with E-state index in [4.69, 9.17) is 5.73 Å². The van der Waals surface area contributed by atoms with Crippen LogP contribution in [0.2, 0.25) is 0 Å². The fourth-order valence-electron chi connectivity index (χ4n) is 12.7. The van der Waals surface area contributed by atoms with E-state index in [-0.39, 0.29) is 153 Å². The molecule has 580 valence electrons. The van der Waals surface area contributed by atoms with E-state index < -0.39 is 139 Å². The van der Waals surface area contributed by atoms with E-state index in [0.29, 0.717) is 42.1 Å². The van der Waals surface area contributed by atoms with Crippen LogP contribution in [0.25, 0.3) is 0 Å². The molecule has 10 amide bonds. The summed E-state index contributed by atoms with van der Waals surface area (Å²) >= 11 is 4.06. The van der Waals surface area contributed by atoms with Crippen molar-refractivity contribution in [3.8, 4) is 0 Å². The van der Waals surface area contributed by atoms with Crippen molar-refractivity contribution in [3.05, 3.63) is 70.8 Å². The van der Waals surface area contributed by atoms with Gasteiger partial charge in [0.1, 0.15) is 48.8 Å². The number of hydrogen-bond donors (Lipinski definition) is 13. The molecule has 8 atom stereocenters. The number of thioether (sulfide) groups is 3. The van der Waals surface area contributed by atoms with Gasteiger partial charge in [-0.3, -0.25) is 86.7 Å². The normalized spacial score (nSPS) is 22.9. The van der Waals surface area contributed by atoms with Crippen LogP contribution >= 0.6 is 35.3 Å². The van der Waals surface area contributed by atoms with E-state index in [1.807, 2.05) is 30.0 Å². The highest BCUT2D eigenvalue weighted by Crippen LogP contribution is 2.29. The van der Waals surface area contributed by atoms with Gasteiger partial charge in [-0.2, -0.15) is 35.3 Å². The number of amides is 10. The van der Waals surface area contributed by atoms with Crippen LogP contribution in [0.4, 0.5) is 0 Å². The maximum absolute atomic E-state index is 14.9. The molecular weight excluding hydrogens is 1430 g/mol. The van der Waals surface area contributed by atoms with E-state index >= 15 is 0 Å². The summed E-state index contributed by atoms with van der Waals surface area (Å²) in [6, 6.07) is 4.73. The van der Waals surface area contributed by atoms with Crippen LogP contribution in [-0.2, 0) is 90.8 Å². The number of nitrogens with one attached hydrogen (secondary N) is 7. The number of unbranched alkanes of at least 4 members (excludes halogenated alkanes) is 2. The Morgan fingerprint density at radius 3 is 1.69 bits per heavy atom. The number of carbonyl (C=O) groups is 14. The van der Waals surface area contributed by atoms with E-state index in [1.165, 1.54) is 52.0 Å². The molecule has 2 aromatic carbocycles. The first-order valence-corrected chi connectivity index (χ1v) is 38.9. The Hall–Kier alpha value is -8.13. The highest BCUT2D eigenvalue weighted by atomic mass is 32.2. The lowest BCUT2D eigenvalue weighted by molar-refractivity contribution is -0.148. The van der Waals surface area contributed by atoms with Crippen molar-refractivity contribution in [1.29, 1.82) is 0 Å². The van der Waals surface area contributed by atoms with Gasteiger partial charge in [-0.05, 0) is 67.7 Å². The molecule has 4 heterocycles. The largest absolute Gasteiger partial charge is 0.480 e. The SMILES string of the molecule is CCCCCC(=O)N[C@H]1CSCc2cc(CSCCNC(=O)CN3CCN(CC(=O)O)CCN(CC(=O)O)CCN(CC(=O)O)CC3)cc(c2)CSC[C@@H](C(=O)NCC(=O)O)NC(=O)[C@H](Cc2ccccc2)NC(=O)[C@H](CCC(N)=O)NC(=O)[C@H]([C@@H](C)O)NC(=O)[C@@H]2CCCN2C(=O)[C@@H]2CCCN2C1=O. The van der Waals surface area contributed by atoms with E-state index in [0.717, 1.165) is 29.5 Å². The molecule has 3 fully saturated rings. The molecule has 4 aliphatic heterocycles. The van der Waals surface area contributed by atoms with Gasteiger partial charge in [-0.15, -0.1) is 0 Å². The zero-order chi connectivity index (χ0) is 76.5. The molecule has 0 saturated carbocycles. The summed E-state index contributed by atoms with van der Waals surface area (Å²) in [6.07, 6.45) is 0.857. The molecule has 3 saturated heterocycles. The maximum Gasteiger partial charge on any atom is 0.322 e. The van der Waals surface area contributed by atoms with Gasteiger partial charge in [-0.1, -0.05) is 68.3 Å². The molecule has 0 radical (unpaired) electrons. The monoisotopic (exact) mass is 1530 g/mol. The molecule has 105 heavy (non-hydrogen) atoms. The second-order valence-corrected chi connectivity index (χ2v) is 29.7. The van der Waals surface area contributed by atoms with Crippen LogP contribution in [0.3, 0.4) is 0 Å². The second kappa shape index (κ2) is 44.7. The van der Waals surface area contributed by atoms with E-state index in [1.54, 1.807) is 45.0 Å². The summed E-state index contributed by atoms with van der Waals surface area (Å²) in [5.74, 6) is -10.6. The van der Waals surface area contributed by atoms with Gasteiger partial charge < -0.3 is 78.3 Å². The van der Waals surface area contributed by atoms with E-state index in [2.05, 4.69) is 37.2 Å². The summed E-state index contributed by atoms with van der Waals surface area (Å²) < 4.78 is 0. The Morgan fingerprint density at radius 1 is 0.590 bits per heavy atom. The first kappa shape index (κ1) is 85.8. The summed E-state index contributed by atoms with van der Waals surface area (Å²) in [7, 11) is 0. The molecule has 33 nitrogen and oxygen atoms in total. The Labute approximate surface area is 623 Å². The standard InChI is InChI=1S/C69H102N14O19S3/c1-3-4-6-15-56(86)73-52-43-105-41-48-31-46(39-103-29-18-71-57(87)35-78-21-23-79(36-59(90)91)25-27-81(38-61(94)95)28-26-80(24-22-78)37-60(92)93)30-47(32-48)40-104-42-51(63(96)72-34-58(88)89)76-65(98)50(33-45-11-7-5-8-12-45)75-64(97)49(16-17-55(70)85)74-67(100)62(44(2)84)77-66(99)53-13-9-19-82(53)69(102)54-14-10-20-83(54)68(52)101/h5,7-8,11-12,30-32,44,49-54,62,84H,3-4,6,9-10,13-29,33-43H2,1-2H3,(H2,70,85)(H,71,87)(H,72,96)(H,73,86)(H,74,100)(H,75,97)(H,76,98)(H,77,99)(H,88,89)(H,90,91)(H,92,93)(H,94,95)/t44-,49+,50+,51+,52+,53+,54+,62+/m1/s1. The number of fused-ring (bicyclic) bond motifs is 4. The lowest BCUT2D eigenvalue weighted by atomic mass is 10.0. The average molecular weight is 1530 g/mol. The molecule has 2 bridgehead atoms. The van der Waals surface area contributed by atoms with Gasteiger partial charge in [0.25, 0.3) is 0 Å². The van der Waals surface area contributed by atoms with Crippen LogP contribution in [0, 0.1) is 0 Å². The topological polar surface area (TPSA) is 470 Å². The number of aliphatic carboxylic acids is 4. The fraction of sp³-hybridized carbons (Fsp3) is 0.623. The summed E-state index contributed by atoms with van der Waals surface area (Å²) in [5, 5.41) is 68.2. The molecule has 6 rings (SSSR count). The molecular formula is C69H102N14O19S3. The first-order valence-electron chi connectivity index (χ1n) is 35.4. The van der Waals surface area contributed by atoms with Crippen molar-refractivity contribution in [2.75, 3.05) is 122 Å². The van der Waals surface area contributed by atoms with Gasteiger partial charge in [0.2, 0.25) is 59.1 Å². The quantitative estimate of drug-likeness (QED) is 0.0433. The van der Waals surface area contributed by atoms with Crippen molar-refractivity contribution >= 4 is 118 Å². The number of aliphatic hydroxyl groups excluding tert-OH is 1. The predicted molar refractivity (Wildman–Crippen MR) is 391 cm³/mol. The molecule has 14 N–H and O–H groups in total. The number of primary amides is 1. The lowest BCUT2D eigenvalue weighted by Crippen LogP contribution is -2.61. The van der Waals surface area contributed by atoms with Crippen molar-refractivity contribution in [1.82, 2.24) is 66.6 Å². The van der Waals surface area contributed by atoms with Crippen LogP contribution in [0.1, 0.15) is 100 Å². The molecule has 0 aromatic heterocycles. The van der Waals surface area contributed by atoms with Gasteiger partial charge >= 0.3 is 23.9 Å². The highest BCUT2D eigenvalue weighted by Gasteiger charge is 2.45. The van der Waals surface area contributed by atoms with Gasteiger partial charge in [0.05, 0.1) is 32.3 Å². The number of nitrogens with zero attached hydrogens (tertiary/aromatic N) is 6. The van der Waals surface area contributed by atoms with Crippen molar-refractivity contribution in [3.63, 3.8) is 0 Å². The minimum Gasteiger partial charge on any atom is -0.480 e. The Bertz CT molecular complexity index is 3290. The van der Waals surface area contributed by atoms with Crippen LogP contribution in [0.5, 0.6) is 0 Å². The number of hydrogen-bond acceptors (Lipinski definition) is 22. The Morgan fingerprint density at radius 2 is 1.13 bits per heavy atom. The third-order valence-electron chi connectivity index (χ3n) is 18.1. The summed E-state index contributed by atoms with van der Waals surface area (Å²) in [6.45, 7) is 3.66. The number of rotatable bonds is 27. The maximum atomic E-state index is 14.9. The summed E-state index contributed by atoms with van der Waals surface area (Å²) in [5.41, 5.74) is 8.45. The molecule has 2 aromatic rings.